The van der Waals surface area contributed by atoms with Crippen molar-refractivity contribution in [3.63, 3.8) is 0 Å². The summed E-state index contributed by atoms with van der Waals surface area (Å²) in [5.74, 6) is 0.285. The maximum absolute atomic E-state index is 12.5. The molecular formula is C20H22N6O2S. The summed E-state index contributed by atoms with van der Waals surface area (Å²) in [7, 11) is -2.79. The van der Waals surface area contributed by atoms with Gasteiger partial charge in [0.15, 0.2) is 5.82 Å². The van der Waals surface area contributed by atoms with Crippen LogP contribution >= 0.6 is 0 Å². The van der Waals surface area contributed by atoms with Crippen LogP contribution < -0.4 is 10.9 Å². The first-order chi connectivity index (χ1) is 13.9. The zero-order chi connectivity index (χ0) is 20.6. The van der Waals surface area contributed by atoms with Gasteiger partial charge in [-0.15, -0.1) is 0 Å². The Balaban J connectivity index is 1.77. The average molecular weight is 411 g/mol. The minimum atomic E-state index is -2.79. The molecule has 29 heavy (non-hydrogen) atoms. The lowest BCUT2D eigenvalue weighted by Gasteiger charge is -2.27. The van der Waals surface area contributed by atoms with E-state index in [1.165, 1.54) is 6.26 Å². The Morgan fingerprint density at radius 2 is 2.00 bits per heavy atom. The van der Waals surface area contributed by atoms with Gasteiger partial charge in [-0.2, -0.15) is 10.4 Å². The molecule has 3 atom stereocenters. The van der Waals surface area contributed by atoms with Crippen LogP contribution in [0.25, 0.3) is 10.9 Å². The molecule has 2 aromatic heterocycles. The number of hydrogen-bond donors (Lipinski definition) is 3. The van der Waals surface area contributed by atoms with Gasteiger partial charge >= 0.3 is 0 Å². The molecule has 1 fully saturated rings. The lowest BCUT2D eigenvalue weighted by molar-refractivity contribution is 0.277. The Kier molecular flexibility index (Phi) is 4.88. The molecule has 0 aliphatic heterocycles. The van der Waals surface area contributed by atoms with E-state index in [0.29, 0.717) is 27.3 Å². The monoisotopic (exact) mass is 410 g/mol. The maximum Gasteiger partial charge on any atom is 0.261 e. The number of aromatic amines is 1. The van der Waals surface area contributed by atoms with Crippen molar-refractivity contribution in [2.75, 3.05) is 11.6 Å². The van der Waals surface area contributed by atoms with E-state index >= 15 is 0 Å². The van der Waals surface area contributed by atoms with Gasteiger partial charge in [0.1, 0.15) is 5.39 Å². The van der Waals surface area contributed by atoms with Crippen LogP contribution in [-0.4, -0.2) is 25.2 Å². The predicted molar refractivity (Wildman–Crippen MR) is 112 cm³/mol. The van der Waals surface area contributed by atoms with Gasteiger partial charge in [-0.25, -0.2) is 8.99 Å². The minimum Gasteiger partial charge on any atom is -0.338 e. The number of aromatic nitrogens is 3. The summed E-state index contributed by atoms with van der Waals surface area (Å²) >= 11 is 0. The van der Waals surface area contributed by atoms with Crippen LogP contribution in [0.1, 0.15) is 31.7 Å². The third-order valence-corrected chi connectivity index (χ3v) is 6.58. The van der Waals surface area contributed by atoms with E-state index in [4.69, 9.17) is 4.78 Å². The van der Waals surface area contributed by atoms with E-state index in [-0.39, 0.29) is 17.5 Å². The fourth-order valence-corrected chi connectivity index (χ4v) is 4.58. The summed E-state index contributed by atoms with van der Waals surface area (Å²) in [5, 5.41) is 17.9. The second kappa shape index (κ2) is 7.37. The first-order valence-electron chi connectivity index (χ1n) is 9.49. The van der Waals surface area contributed by atoms with E-state index in [9.17, 15) is 14.3 Å². The van der Waals surface area contributed by atoms with E-state index in [2.05, 4.69) is 21.5 Å². The van der Waals surface area contributed by atoms with Crippen LogP contribution in [0.3, 0.4) is 0 Å². The molecule has 2 unspecified atom stereocenters. The molecule has 150 valence electrons. The molecule has 0 saturated heterocycles. The van der Waals surface area contributed by atoms with Crippen LogP contribution in [0.15, 0.2) is 46.2 Å². The van der Waals surface area contributed by atoms with E-state index in [1.54, 1.807) is 30.5 Å². The second-order valence-corrected chi connectivity index (χ2v) is 9.60. The first-order valence-corrected chi connectivity index (χ1v) is 11.5. The van der Waals surface area contributed by atoms with Crippen LogP contribution in [0.5, 0.6) is 0 Å². The number of nitriles is 1. The van der Waals surface area contributed by atoms with E-state index in [1.807, 2.05) is 10.7 Å². The van der Waals surface area contributed by atoms with Crippen molar-refractivity contribution in [1.29, 1.82) is 10.0 Å². The highest BCUT2D eigenvalue weighted by Crippen LogP contribution is 2.36. The van der Waals surface area contributed by atoms with Gasteiger partial charge in [0.05, 0.1) is 33.3 Å². The molecule has 1 saturated carbocycles. The van der Waals surface area contributed by atoms with Gasteiger partial charge < -0.3 is 10.3 Å². The number of H-pyrrole nitrogens is 1. The zero-order valence-corrected chi connectivity index (χ0v) is 16.8. The number of pyridine rings is 1. The lowest BCUT2D eigenvalue weighted by atomic mass is 9.85. The van der Waals surface area contributed by atoms with Crippen molar-refractivity contribution in [1.82, 2.24) is 14.8 Å². The summed E-state index contributed by atoms with van der Waals surface area (Å²) in [4.78, 5) is 15.7. The number of anilines is 2. The molecule has 4 rings (SSSR count). The molecular weight excluding hydrogens is 388 g/mol. The maximum atomic E-state index is 12.5. The third-order valence-electron chi connectivity index (χ3n) is 5.41. The number of rotatable bonds is 4. The second-order valence-electron chi connectivity index (χ2n) is 7.44. The number of benzene rings is 1. The number of hydrogen-bond acceptors (Lipinski definition) is 6. The smallest absolute Gasteiger partial charge is 0.261 e. The summed E-state index contributed by atoms with van der Waals surface area (Å²) in [6.07, 6.45) is 6.71. The van der Waals surface area contributed by atoms with E-state index < -0.39 is 9.73 Å². The first kappa shape index (κ1) is 19.2. The van der Waals surface area contributed by atoms with Crippen LogP contribution in [0.2, 0.25) is 0 Å². The van der Waals surface area contributed by atoms with Gasteiger partial charge in [0.25, 0.3) is 5.56 Å². The summed E-state index contributed by atoms with van der Waals surface area (Å²) in [6, 6.07) is 10.8. The third kappa shape index (κ3) is 3.63. The Hall–Kier alpha value is -3.12. The van der Waals surface area contributed by atoms with Gasteiger partial charge in [-0.05, 0) is 43.2 Å². The molecule has 0 amide bonds. The predicted octanol–water partition coefficient (Wildman–Crippen LogP) is 3.76. The Morgan fingerprint density at radius 1 is 1.28 bits per heavy atom. The Morgan fingerprint density at radius 3 is 2.69 bits per heavy atom. The van der Waals surface area contributed by atoms with E-state index in [0.717, 1.165) is 25.7 Å². The van der Waals surface area contributed by atoms with Crippen LogP contribution in [0.4, 0.5) is 11.5 Å². The Bertz CT molecular complexity index is 1250. The van der Waals surface area contributed by atoms with Gasteiger partial charge in [0, 0.05) is 23.0 Å². The summed E-state index contributed by atoms with van der Waals surface area (Å²) < 4.78 is 21.4. The molecule has 1 aliphatic rings. The highest BCUT2D eigenvalue weighted by atomic mass is 32.2. The van der Waals surface area contributed by atoms with Gasteiger partial charge in [-0.3, -0.25) is 9.48 Å². The van der Waals surface area contributed by atoms with Crippen molar-refractivity contribution in [3.05, 3.63) is 46.9 Å². The highest BCUT2D eigenvalue weighted by molar-refractivity contribution is 7.91. The molecule has 0 bridgehead atoms. The van der Waals surface area contributed by atoms with Crippen molar-refractivity contribution >= 4 is 32.1 Å². The lowest BCUT2D eigenvalue weighted by Crippen LogP contribution is -2.23. The number of nitrogens with one attached hydrogen (secondary N) is 3. The van der Waals surface area contributed by atoms with Crippen LogP contribution in [0, 0.1) is 22.0 Å². The summed E-state index contributed by atoms with van der Waals surface area (Å²) in [6.45, 7) is 0. The zero-order valence-electron chi connectivity index (χ0n) is 16.0. The van der Waals surface area contributed by atoms with Crippen molar-refractivity contribution in [3.8, 4) is 6.07 Å². The fraction of sp³-hybridized carbons (Fsp3) is 0.350. The fourth-order valence-electron chi connectivity index (χ4n) is 3.93. The molecule has 0 spiro atoms. The standard InChI is InChI=1S/C20H22N6O2S/c1-29(22,28)15-8-6-14(7-9-15)24-19-18-17(10-11-23-20(18)27)26(25-19)16-5-3-2-4-13(16)12-21/h6-11,13,16,22H,2-5H2,1H3,(H,23,27)(H,24,25)/t13?,16-,29?/m0/s1. The minimum absolute atomic E-state index is 0.0657. The van der Waals surface area contributed by atoms with Crippen molar-refractivity contribution in [2.45, 2.75) is 36.6 Å². The molecule has 8 nitrogen and oxygen atoms in total. The quantitative estimate of drug-likeness (QED) is 0.603. The topological polar surface area (TPSA) is 127 Å². The van der Waals surface area contributed by atoms with Crippen molar-refractivity contribution < 1.29 is 4.21 Å². The molecule has 2 heterocycles. The normalized spacial score (nSPS) is 21.4. The molecule has 3 aromatic rings. The Labute approximate surface area is 168 Å². The molecule has 9 heteroatoms. The largest absolute Gasteiger partial charge is 0.338 e. The molecule has 0 radical (unpaired) electrons. The molecule has 1 aromatic carbocycles. The highest BCUT2D eigenvalue weighted by Gasteiger charge is 2.29. The number of fused-ring (bicyclic) bond motifs is 1. The number of nitrogens with zero attached hydrogens (tertiary/aromatic N) is 3. The SMILES string of the molecule is CS(=N)(=O)c1ccc(Nc2nn([C@H]3CCCCC3C#N)c3cc[nH]c(=O)c23)cc1. The molecule has 1 aliphatic carbocycles. The average Bonchev–Trinajstić information content (AvgIpc) is 3.07. The van der Waals surface area contributed by atoms with Gasteiger partial charge in [0.2, 0.25) is 0 Å². The van der Waals surface area contributed by atoms with Crippen LogP contribution in [-0.2, 0) is 9.73 Å². The molecule has 3 N–H and O–H groups in total. The van der Waals surface area contributed by atoms with Gasteiger partial charge in [-0.1, -0.05) is 12.8 Å². The van der Waals surface area contributed by atoms with Crippen molar-refractivity contribution in [2.24, 2.45) is 5.92 Å². The summed E-state index contributed by atoms with van der Waals surface area (Å²) in [5.41, 5.74) is 1.12.